The highest BCUT2D eigenvalue weighted by atomic mass is 16.6. The first-order chi connectivity index (χ1) is 40.0. The molecule has 0 aliphatic heterocycles. The number of unbranched alkanes of at least 4 members (excludes halogenated alkanes) is 33. The highest BCUT2D eigenvalue weighted by Crippen LogP contribution is 2.17. The molecule has 0 radical (unpaired) electrons. The molecule has 0 N–H and O–H groups in total. The van der Waals surface area contributed by atoms with Crippen molar-refractivity contribution in [1.82, 2.24) is 0 Å². The summed E-state index contributed by atoms with van der Waals surface area (Å²) < 4.78 is 16.9. The first-order valence-electron chi connectivity index (χ1n) is 34.4. The molecule has 0 aromatic carbocycles. The van der Waals surface area contributed by atoms with Crippen LogP contribution >= 0.6 is 0 Å². The van der Waals surface area contributed by atoms with Crippen LogP contribution in [0.2, 0.25) is 0 Å². The molecule has 0 fully saturated rings. The van der Waals surface area contributed by atoms with E-state index in [0.717, 1.165) is 128 Å². The molecule has 6 heteroatoms. The van der Waals surface area contributed by atoms with Crippen LogP contribution in [0.25, 0.3) is 0 Å². The summed E-state index contributed by atoms with van der Waals surface area (Å²) in [6, 6.07) is 0. The van der Waals surface area contributed by atoms with Crippen LogP contribution in [0.15, 0.2) is 109 Å². The number of carbonyl (C=O) groups excluding carboxylic acids is 3. The number of esters is 3. The standard InChI is InChI=1S/C75H128O6/c1-4-7-10-13-16-19-22-25-27-29-31-32-33-34-35-36-37-38-39-40-41-42-44-45-47-50-53-56-59-62-65-68-74(77)80-71-72(70-79-73(76)67-64-61-58-55-52-49-24-21-18-15-12-9-6-3)81-75(78)69-66-63-60-57-54-51-48-46-43-30-28-26-23-20-17-14-11-8-5-2/h8-9,11-12,17-18,20-22,25-26,28-29,31,43,46,49,52,72H,4-7,10,13-16,19,23-24,27,30,32-42,44-45,47-48,50-51,53-71H2,1-3H3/b11-8-,12-9-,20-17-,21-18-,25-22-,28-26-,31-29-,46-43-,52-49-. The Morgan fingerprint density at radius 3 is 0.765 bits per heavy atom. The third-order valence-corrected chi connectivity index (χ3v) is 14.7. The molecule has 1 unspecified atom stereocenters. The van der Waals surface area contributed by atoms with Gasteiger partial charge in [-0.2, -0.15) is 0 Å². The van der Waals surface area contributed by atoms with Gasteiger partial charge in [0.1, 0.15) is 13.2 Å². The summed E-state index contributed by atoms with van der Waals surface area (Å²) in [5.74, 6) is -0.927. The SMILES string of the molecule is CC/C=C\C/C=C\C/C=C\C/C=C\CCCCCCCCC(=O)OC(COC(=O)CCCCC/C=C\C/C=C\C/C=C\CC)COC(=O)CCCCCCCCCCCCCCCCCCCCC/C=C\C/C=C\CCCCCCC. The van der Waals surface area contributed by atoms with Crippen molar-refractivity contribution >= 4 is 17.9 Å². The predicted molar refractivity (Wildman–Crippen MR) is 353 cm³/mol. The van der Waals surface area contributed by atoms with Gasteiger partial charge in [0, 0.05) is 19.3 Å². The first-order valence-corrected chi connectivity index (χ1v) is 34.4. The van der Waals surface area contributed by atoms with E-state index in [1.807, 2.05) is 0 Å². The third kappa shape index (κ3) is 66.8. The van der Waals surface area contributed by atoms with Gasteiger partial charge in [-0.1, -0.05) is 297 Å². The largest absolute Gasteiger partial charge is 0.462 e. The van der Waals surface area contributed by atoms with E-state index >= 15 is 0 Å². The predicted octanol–water partition coefficient (Wildman–Crippen LogP) is 23.8. The van der Waals surface area contributed by atoms with Crippen LogP contribution in [0.3, 0.4) is 0 Å². The van der Waals surface area contributed by atoms with Crippen molar-refractivity contribution in [1.29, 1.82) is 0 Å². The molecule has 0 bridgehead atoms. The lowest BCUT2D eigenvalue weighted by Crippen LogP contribution is -2.30. The van der Waals surface area contributed by atoms with Gasteiger partial charge in [-0.25, -0.2) is 0 Å². The summed E-state index contributed by atoms with van der Waals surface area (Å²) in [7, 11) is 0. The number of hydrogen-bond donors (Lipinski definition) is 0. The van der Waals surface area contributed by atoms with E-state index < -0.39 is 6.10 Å². The zero-order valence-corrected chi connectivity index (χ0v) is 53.3. The van der Waals surface area contributed by atoms with E-state index in [1.54, 1.807) is 0 Å². The molecule has 1 atom stereocenters. The van der Waals surface area contributed by atoms with E-state index in [9.17, 15) is 14.4 Å². The van der Waals surface area contributed by atoms with Crippen LogP contribution in [0.5, 0.6) is 0 Å². The lowest BCUT2D eigenvalue weighted by molar-refractivity contribution is -0.167. The summed E-state index contributed by atoms with van der Waals surface area (Å²) in [5.41, 5.74) is 0. The second-order valence-corrected chi connectivity index (χ2v) is 22.7. The summed E-state index contributed by atoms with van der Waals surface area (Å²) >= 11 is 0. The monoisotopic (exact) mass is 1120 g/mol. The maximum Gasteiger partial charge on any atom is 0.306 e. The maximum absolute atomic E-state index is 12.9. The van der Waals surface area contributed by atoms with Crippen molar-refractivity contribution in [2.75, 3.05) is 13.2 Å². The molecule has 0 saturated heterocycles. The highest BCUT2D eigenvalue weighted by molar-refractivity contribution is 5.71. The summed E-state index contributed by atoms with van der Waals surface area (Å²) in [6.45, 7) is 6.39. The molecule has 0 amide bonds. The Labute approximate surface area is 501 Å². The smallest absolute Gasteiger partial charge is 0.306 e. The Hall–Kier alpha value is -3.93. The molecule has 464 valence electrons. The molecule has 0 aromatic rings. The van der Waals surface area contributed by atoms with Crippen LogP contribution in [0, 0.1) is 0 Å². The molecule has 0 aromatic heterocycles. The van der Waals surface area contributed by atoms with E-state index in [1.165, 1.54) is 161 Å². The lowest BCUT2D eigenvalue weighted by atomic mass is 10.0. The van der Waals surface area contributed by atoms with Crippen LogP contribution in [-0.2, 0) is 28.6 Å². The summed E-state index contributed by atoms with van der Waals surface area (Å²) in [6.07, 6.45) is 94.1. The normalized spacial score (nSPS) is 12.8. The highest BCUT2D eigenvalue weighted by Gasteiger charge is 2.19. The van der Waals surface area contributed by atoms with Crippen LogP contribution in [-0.4, -0.2) is 37.2 Å². The Balaban J connectivity index is 4.23. The summed E-state index contributed by atoms with van der Waals surface area (Å²) in [5, 5.41) is 0. The number of carbonyl (C=O) groups is 3. The van der Waals surface area contributed by atoms with Crippen LogP contribution in [0.1, 0.15) is 329 Å². The van der Waals surface area contributed by atoms with Gasteiger partial charge >= 0.3 is 17.9 Å². The molecule has 81 heavy (non-hydrogen) atoms. The minimum atomic E-state index is -0.800. The number of allylic oxidation sites excluding steroid dienone is 18. The molecule has 0 saturated carbocycles. The van der Waals surface area contributed by atoms with Crippen LogP contribution in [0.4, 0.5) is 0 Å². The van der Waals surface area contributed by atoms with Gasteiger partial charge in [-0.05, 0) is 122 Å². The number of hydrogen-bond acceptors (Lipinski definition) is 6. The quantitative estimate of drug-likeness (QED) is 0.0261. The van der Waals surface area contributed by atoms with Gasteiger partial charge in [0.2, 0.25) is 0 Å². The molecular weight excluding hydrogens is 997 g/mol. The van der Waals surface area contributed by atoms with Crippen molar-refractivity contribution in [3.8, 4) is 0 Å². The second-order valence-electron chi connectivity index (χ2n) is 22.7. The molecule has 0 spiro atoms. The average Bonchev–Trinajstić information content (AvgIpc) is 3.46. The molecule has 0 aliphatic carbocycles. The Kier molecular flexibility index (Phi) is 65.2. The third-order valence-electron chi connectivity index (χ3n) is 14.7. The van der Waals surface area contributed by atoms with Gasteiger partial charge in [0.25, 0.3) is 0 Å². The minimum absolute atomic E-state index is 0.0924. The fraction of sp³-hybridized carbons (Fsp3) is 0.720. The molecule has 0 aliphatic rings. The fourth-order valence-corrected chi connectivity index (χ4v) is 9.66. The van der Waals surface area contributed by atoms with Crippen molar-refractivity contribution in [2.24, 2.45) is 0 Å². The van der Waals surface area contributed by atoms with E-state index in [4.69, 9.17) is 14.2 Å². The zero-order valence-electron chi connectivity index (χ0n) is 53.3. The summed E-state index contributed by atoms with van der Waals surface area (Å²) in [4.78, 5) is 38.3. The second kappa shape index (κ2) is 68.6. The van der Waals surface area contributed by atoms with E-state index in [-0.39, 0.29) is 31.1 Å². The van der Waals surface area contributed by atoms with Gasteiger partial charge in [0.05, 0.1) is 0 Å². The van der Waals surface area contributed by atoms with Crippen molar-refractivity contribution in [2.45, 2.75) is 335 Å². The molecule has 6 nitrogen and oxygen atoms in total. The molecular formula is C75H128O6. The lowest BCUT2D eigenvalue weighted by Gasteiger charge is -2.18. The zero-order chi connectivity index (χ0) is 58.5. The van der Waals surface area contributed by atoms with Crippen molar-refractivity contribution in [3.63, 3.8) is 0 Å². The number of rotatable bonds is 62. The Bertz CT molecular complexity index is 1620. The molecule has 0 rings (SSSR count). The topological polar surface area (TPSA) is 78.9 Å². The number of ether oxygens (including phenoxy) is 3. The average molecular weight is 1130 g/mol. The minimum Gasteiger partial charge on any atom is -0.462 e. The first kappa shape index (κ1) is 77.1. The van der Waals surface area contributed by atoms with E-state index in [2.05, 4.69) is 130 Å². The van der Waals surface area contributed by atoms with Gasteiger partial charge < -0.3 is 14.2 Å². The Morgan fingerprint density at radius 1 is 0.259 bits per heavy atom. The fourth-order valence-electron chi connectivity index (χ4n) is 9.66. The van der Waals surface area contributed by atoms with Crippen LogP contribution < -0.4 is 0 Å². The molecule has 0 heterocycles. The van der Waals surface area contributed by atoms with Gasteiger partial charge in [0.15, 0.2) is 6.10 Å². The maximum atomic E-state index is 12.9. The van der Waals surface area contributed by atoms with Gasteiger partial charge in [-0.15, -0.1) is 0 Å². The Morgan fingerprint density at radius 2 is 0.481 bits per heavy atom. The van der Waals surface area contributed by atoms with Crippen molar-refractivity contribution < 1.29 is 28.6 Å². The van der Waals surface area contributed by atoms with E-state index in [0.29, 0.717) is 19.3 Å². The van der Waals surface area contributed by atoms with Crippen molar-refractivity contribution in [3.05, 3.63) is 109 Å². The van der Waals surface area contributed by atoms with Gasteiger partial charge in [-0.3, -0.25) is 14.4 Å².